The van der Waals surface area contributed by atoms with E-state index >= 15 is 0 Å². The Labute approximate surface area is 152 Å². The van der Waals surface area contributed by atoms with Crippen LogP contribution in [0.5, 0.6) is 0 Å². The average Bonchev–Trinajstić information content (AvgIpc) is 2.68. The summed E-state index contributed by atoms with van der Waals surface area (Å²) >= 11 is 0. The summed E-state index contributed by atoms with van der Waals surface area (Å²) in [5.41, 5.74) is 0.558. The van der Waals surface area contributed by atoms with E-state index in [0.717, 1.165) is 12.8 Å². The molecule has 138 valence electrons. The number of para-hydroxylation sites is 1. The zero-order valence-corrected chi connectivity index (χ0v) is 14.6. The average molecular weight is 358 g/mol. The number of carboxylic acids is 1. The molecule has 26 heavy (non-hydrogen) atoms. The van der Waals surface area contributed by atoms with Crippen LogP contribution in [0.4, 0.5) is 10.1 Å². The van der Waals surface area contributed by atoms with Gasteiger partial charge in [-0.05, 0) is 36.8 Å². The molecule has 1 heterocycles. The molecule has 1 aromatic carbocycles. The molecule has 1 aliphatic heterocycles. The van der Waals surface area contributed by atoms with Crippen molar-refractivity contribution < 1.29 is 19.1 Å². The number of carboxylic acid groups (broad SMARTS) is 1. The van der Waals surface area contributed by atoms with Crippen LogP contribution in [0.2, 0.25) is 0 Å². The largest absolute Gasteiger partial charge is 0.481 e. The Balaban J connectivity index is 1.46. The first kappa shape index (κ1) is 17.1. The summed E-state index contributed by atoms with van der Waals surface area (Å²) < 4.78 is 14.0. The Bertz CT molecular complexity index is 742. The van der Waals surface area contributed by atoms with Crippen molar-refractivity contribution in [3.05, 3.63) is 42.2 Å². The van der Waals surface area contributed by atoms with Crippen LogP contribution >= 0.6 is 0 Å². The van der Waals surface area contributed by atoms with Crippen molar-refractivity contribution in [2.45, 2.75) is 12.8 Å². The predicted octanol–water partition coefficient (Wildman–Crippen LogP) is 2.39. The summed E-state index contributed by atoms with van der Waals surface area (Å²) in [6.45, 7) is 2.11. The molecule has 1 saturated carbocycles. The Kier molecular flexibility index (Phi) is 4.42. The highest BCUT2D eigenvalue weighted by Gasteiger charge is 2.49. The van der Waals surface area contributed by atoms with Gasteiger partial charge in [-0.3, -0.25) is 9.59 Å². The van der Waals surface area contributed by atoms with E-state index in [1.54, 1.807) is 23.1 Å². The normalized spacial score (nSPS) is 30.5. The predicted molar refractivity (Wildman–Crippen MR) is 95.2 cm³/mol. The van der Waals surface area contributed by atoms with Gasteiger partial charge in [-0.2, -0.15) is 0 Å². The van der Waals surface area contributed by atoms with Crippen molar-refractivity contribution in [2.24, 2.45) is 23.7 Å². The molecule has 3 aliphatic carbocycles. The van der Waals surface area contributed by atoms with Crippen LogP contribution in [0.25, 0.3) is 0 Å². The number of aliphatic carboxylic acids is 1. The molecule has 1 saturated heterocycles. The van der Waals surface area contributed by atoms with E-state index in [-0.39, 0.29) is 23.6 Å². The van der Waals surface area contributed by atoms with Gasteiger partial charge in [0.15, 0.2) is 0 Å². The van der Waals surface area contributed by atoms with Gasteiger partial charge in [-0.1, -0.05) is 24.3 Å². The first-order chi connectivity index (χ1) is 12.6. The van der Waals surface area contributed by atoms with Gasteiger partial charge < -0.3 is 14.9 Å². The summed E-state index contributed by atoms with van der Waals surface area (Å²) in [5, 5.41) is 9.64. The van der Waals surface area contributed by atoms with Gasteiger partial charge in [0, 0.05) is 26.2 Å². The van der Waals surface area contributed by atoms with E-state index in [1.807, 2.05) is 17.1 Å². The number of benzene rings is 1. The van der Waals surface area contributed by atoms with Crippen molar-refractivity contribution in [1.29, 1.82) is 0 Å². The number of fused-ring (bicyclic) bond motifs is 2. The van der Waals surface area contributed by atoms with E-state index in [1.165, 1.54) is 6.07 Å². The van der Waals surface area contributed by atoms with E-state index in [0.29, 0.717) is 31.9 Å². The number of hydrogen-bond donors (Lipinski definition) is 1. The molecular weight excluding hydrogens is 335 g/mol. The Hall–Kier alpha value is -2.37. The highest BCUT2D eigenvalue weighted by atomic mass is 19.1. The fourth-order valence-electron chi connectivity index (χ4n) is 4.75. The molecule has 0 radical (unpaired) electrons. The molecule has 5 nitrogen and oxygen atoms in total. The third-order valence-electron chi connectivity index (χ3n) is 6.10. The summed E-state index contributed by atoms with van der Waals surface area (Å²) in [6.07, 6.45) is 5.75. The van der Waals surface area contributed by atoms with Crippen molar-refractivity contribution in [3.63, 3.8) is 0 Å². The minimum absolute atomic E-state index is 0.0261. The quantitative estimate of drug-likeness (QED) is 0.843. The SMILES string of the molecule is O=C(O)[C@@H]1[C@H](C(=O)N2CCN(c3ccccc3F)CC2)[C@H]2C=C[C@H]1CC2. The Morgan fingerprint density at radius 2 is 1.58 bits per heavy atom. The van der Waals surface area contributed by atoms with Gasteiger partial charge in [0.2, 0.25) is 5.91 Å². The maximum Gasteiger partial charge on any atom is 0.307 e. The third-order valence-corrected chi connectivity index (χ3v) is 6.10. The van der Waals surface area contributed by atoms with E-state index in [9.17, 15) is 19.1 Å². The van der Waals surface area contributed by atoms with E-state index < -0.39 is 17.8 Å². The van der Waals surface area contributed by atoms with Gasteiger partial charge in [0.1, 0.15) is 5.82 Å². The second kappa shape index (κ2) is 6.74. The van der Waals surface area contributed by atoms with Crippen LogP contribution < -0.4 is 4.90 Å². The zero-order chi connectivity index (χ0) is 18.3. The number of carbonyl (C=O) groups excluding carboxylic acids is 1. The van der Waals surface area contributed by atoms with Crippen LogP contribution in [-0.4, -0.2) is 48.1 Å². The summed E-state index contributed by atoms with van der Waals surface area (Å²) in [7, 11) is 0. The smallest absolute Gasteiger partial charge is 0.307 e. The van der Waals surface area contributed by atoms with Crippen molar-refractivity contribution in [1.82, 2.24) is 4.90 Å². The highest BCUT2D eigenvalue weighted by molar-refractivity contribution is 5.86. The molecule has 0 aromatic heterocycles. The number of piperazine rings is 1. The van der Waals surface area contributed by atoms with Crippen molar-refractivity contribution >= 4 is 17.6 Å². The van der Waals surface area contributed by atoms with Crippen LogP contribution in [0.15, 0.2) is 36.4 Å². The number of anilines is 1. The topological polar surface area (TPSA) is 60.9 Å². The summed E-state index contributed by atoms with van der Waals surface area (Å²) in [6, 6.07) is 6.66. The number of allylic oxidation sites excluding steroid dienone is 2. The van der Waals surface area contributed by atoms with E-state index in [2.05, 4.69) is 0 Å². The minimum Gasteiger partial charge on any atom is -0.481 e. The second-order valence-electron chi connectivity index (χ2n) is 7.44. The molecule has 0 unspecified atom stereocenters. The Morgan fingerprint density at radius 1 is 0.962 bits per heavy atom. The minimum atomic E-state index is -0.868. The molecule has 5 rings (SSSR count). The van der Waals surface area contributed by atoms with Gasteiger partial charge in [-0.15, -0.1) is 0 Å². The number of nitrogens with zero attached hydrogens (tertiary/aromatic N) is 2. The number of hydrogen-bond acceptors (Lipinski definition) is 3. The van der Waals surface area contributed by atoms with Crippen LogP contribution in [0, 0.1) is 29.5 Å². The van der Waals surface area contributed by atoms with Gasteiger partial charge >= 0.3 is 5.97 Å². The molecule has 4 atom stereocenters. The monoisotopic (exact) mass is 358 g/mol. The Morgan fingerprint density at radius 3 is 2.15 bits per heavy atom. The number of halogens is 1. The van der Waals surface area contributed by atoms with Crippen molar-refractivity contribution in [2.75, 3.05) is 31.1 Å². The molecular formula is C20H23FN2O3. The maximum atomic E-state index is 14.0. The lowest BCUT2D eigenvalue weighted by Crippen LogP contribution is -2.55. The summed E-state index contributed by atoms with van der Waals surface area (Å²) in [5.74, 6) is -2.26. The van der Waals surface area contributed by atoms with Gasteiger partial charge in [0.25, 0.3) is 0 Å². The van der Waals surface area contributed by atoms with Crippen molar-refractivity contribution in [3.8, 4) is 0 Å². The van der Waals surface area contributed by atoms with Crippen LogP contribution in [0.1, 0.15) is 12.8 Å². The second-order valence-corrected chi connectivity index (χ2v) is 7.44. The van der Waals surface area contributed by atoms with E-state index in [4.69, 9.17) is 0 Å². The molecule has 6 heteroatoms. The van der Waals surface area contributed by atoms with Crippen LogP contribution in [0.3, 0.4) is 0 Å². The number of amides is 1. The molecule has 1 amide bonds. The molecule has 4 aliphatic rings. The first-order valence-corrected chi connectivity index (χ1v) is 9.25. The fraction of sp³-hybridized carbons (Fsp3) is 0.500. The number of rotatable bonds is 3. The third kappa shape index (κ3) is 2.87. The lowest BCUT2D eigenvalue weighted by Gasteiger charge is -2.45. The maximum absolute atomic E-state index is 14.0. The number of carbonyl (C=O) groups is 2. The fourth-order valence-corrected chi connectivity index (χ4v) is 4.75. The van der Waals surface area contributed by atoms with Crippen LogP contribution in [-0.2, 0) is 9.59 Å². The zero-order valence-electron chi connectivity index (χ0n) is 14.6. The first-order valence-electron chi connectivity index (χ1n) is 9.25. The molecule has 1 N–H and O–H groups in total. The standard InChI is InChI=1S/C20H23FN2O3/c21-15-3-1-2-4-16(15)22-9-11-23(12-10-22)19(24)17-13-5-7-14(8-6-13)18(17)20(25)26/h1-5,7,13-14,17-18H,6,8-12H2,(H,25,26)/t13-,14-,17+,18-/m0/s1. The molecule has 0 spiro atoms. The summed E-state index contributed by atoms with van der Waals surface area (Å²) in [4.78, 5) is 28.6. The lowest BCUT2D eigenvalue weighted by atomic mass is 9.62. The molecule has 2 fully saturated rings. The molecule has 1 aromatic rings. The highest BCUT2D eigenvalue weighted by Crippen LogP contribution is 2.45. The molecule has 2 bridgehead atoms. The van der Waals surface area contributed by atoms with Gasteiger partial charge in [0.05, 0.1) is 17.5 Å². The van der Waals surface area contributed by atoms with Gasteiger partial charge in [-0.25, -0.2) is 4.39 Å². The lowest BCUT2D eigenvalue weighted by molar-refractivity contribution is -0.156.